The van der Waals surface area contributed by atoms with Crippen LogP contribution in [0.3, 0.4) is 0 Å². The SMILES string of the molecule is NNc1ccccc1C(F)(F)F.O=S(=O)(O)O. The first-order valence-electron chi connectivity index (χ1n) is 3.88. The number of rotatable bonds is 1. The van der Waals surface area contributed by atoms with Crippen molar-refractivity contribution in [1.82, 2.24) is 0 Å². The van der Waals surface area contributed by atoms with Gasteiger partial charge in [-0.2, -0.15) is 21.6 Å². The maximum absolute atomic E-state index is 12.1. The van der Waals surface area contributed by atoms with Crippen molar-refractivity contribution in [3.05, 3.63) is 29.8 Å². The van der Waals surface area contributed by atoms with Gasteiger partial charge in [0.25, 0.3) is 0 Å². The number of anilines is 1. The zero-order valence-corrected chi connectivity index (χ0v) is 8.96. The Hall–Kier alpha value is -1.36. The average molecular weight is 274 g/mol. The zero-order chi connectivity index (χ0) is 13.7. The van der Waals surface area contributed by atoms with Gasteiger partial charge in [0, 0.05) is 0 Å². The molecule has 98 valence electrons. The number of benzene rings is 1. The van der Waals surface area contributed by atoms with E-state index in [1.54, 1.807) is 0 Å². The van der Waals surface area contributed by atoms with Crippen LogP contribution in [0.2, 0.25) is 0 Å². The molecule has 0 aliphatic rings. The largest absolute Gasteiger partial charge is 0.418 e. The molecule has 0 spiro atoms. The van der Waals surface area contributed by atoms with Crippen LogP contribution in [0.4, 0.5) is 18.9 Å². The average Bonchev–Trinajstić information content (AvgIpc) is 2.14. The van der Waals surface area contributed by atoms with Crippen molar-refractivity contribution in [2.24, 2.45) is 5.84 Å². The summed E-state index contributed by atoms with van der Waals surface area (Å²) in [6, 6.07) is 5.02. The molecule has 1 rings (SSSR count). The first-order valence-corrected chi connectivity index (χ1v) is 5.28. The Morgan fingerprint density at radius 1 is 1.18 bits per heavy atom. The molecular weight excluding hydrogens is 265 g/mol. The van der Waals surface area contributed by atoms with E-state index < -0.39 is 22.1 Å². The lowest BCUT2D eigenvalue weighted by Crippen LogP contribution is -2.14. The number of nitrogen functional groups attached to an aromatic ring is 1. The van der Waals surface area contributed by atoms with Gasteiger partial charge in [-0.05, 0) is 12.1 Å². The van der Waals surface area contributed by atoms with Crippen LogP contribution in [0.15, 0.2) is 24.3 Å². The lowest BCUT2D eigenvalue weighted by Gasteiger charge is -2.10. The third-order valence-corrected chi connectivity index (χ3v) is 1.39. The van der Waals surface area contributed by atoms with Gasteiger partial charge in [-0.15, -0.1) is 0 Å². The van der Waals surface area contributed by atoms with Crippen molar-refractivity contribution in [3.63, 3.8) is 0 Å². The molecule has 1 aromatic carbocycles. The molecule has 0 radical (unpaired) electrons. The van der Waals surface area contributed by atoms with Crippen molar-refractivity contribution in [2.75, 3.05) is 5.43 Å². The first-order chi connectivity index (χ1) is 7.55. The summed E-state index contributed by atoms with van der Waals surface area (Å²) in [7, 11) is -4.67. The second kappa shape index (κ2) is 5.82. The summed E-state index contributed by atoms with van der Waals surface area (Å²) in [4.78, 5) is 0. The third kappa shape index (κ3) is 7.52. The van der Waals surface area contributed by atoms with Gasteiger partial charge in [-0.1, -0.05) is 12.1 Å². The second-order valence-corrected chi connectivity index (χ2v) is 3.53. The number of hydrogen-bond acceptors (Lipinski definition) is 4. The fourth-order valence-electron chi connectivity index (χ4n) is 0.856. The molecule has 0 bridgehead atoms. The quantitative estimate of drug-likeness (QED) is 0.349. The fraction of sp³-hybridized carbons (Fsp3) is 0.143. The zero-order valence-electron chi connectivity index (χ0n) is 8.14. The summed E-state index contributed by atoms with van der Waals surface area (Å²) in [6.07, 6.45) is -4.36. The van der Waals surface area contributed by atoms with Gasteiger partial charge in [0.1, 0.15) is 0 Å². The molecule has 17 heavy (non-hydrogen) atoms. The lowest BCUT2D eigenvalue weighted by molar-refractivity contribution is -0.137. The normalized spacial score (nSPS) is 11.4. The van der Waals surface area contributed by atoms with E-state index in [0.717, 1.165) is 6.07 Å². The minimum atomic E-state index is -4.67. The molecule has 5 N–H and O–H groups in total. The van der Waals surface area contributed by atoms with Gasteiger partial charge in [0.05, 0.1) is 11.3 Å². The molecule has 0 amide bonds. The van der Waals surface area contributed by atoms with Gasteiger partial charge in [0.2, 0.25) is 0 Å². The van der Waals surface area contributed by atoms with Crippen LogP contribution in [-0.2, 0) is 16.6 Å². The van der Waals surface area contributed by atoms with Crippen molar-refractivity contribution >= 4 is 16.1 Å². The summed E-state index contributed by atoms with van der Waals surface area (Å²) in [5.74, 6) is 4.90. The van der Waals surface area contributed by atoms with Crippen molar-refractivity contribution in [3.8, 4) is 0 Å². The predicted octanol–water partition coefficient (Wildman–Crippen LogP) is 1.34. The van der Waals surface area contributed by atoms with Crippen molar-refractivity contribution < 1.29 is 30.7 Å². The number of halogens is 3. The molecule has 0 fully saturated rings. The second-order valence-electron chi connectivity index (χ2n) is 2.64. The molecule has 1 aromatic rings. The van der Waals surface area contributed by atoms with Crippen LogP contribution in [-0.4, -0.2) is 17.5 Å². The van der Waals surface area contributed by atoms with Crippen LogP contribution in [0, 0.1) is 0 Å². The van der Waals surface area contributed by atoms with Crippen molar-refractivity contribution in [1.29, 1.82) is 0 Å². The highest BCUT2D eigenvalue weighted by Gasteiger charge is 2.32. The Labute approximate surface area is 94.8 Å². The van der Waals surface area contributed by atoms with E-state index >= 15 is 0 Å². The number of nitrogens with two attached hydrogens (primary N) is 1. The molecule has 0 aliphatic carbocycles. The number of para-hydroxylation sites is 1. The molecule has 0 unspecified atom stereocenters. The standard InChI is InChI=1S/C7H7F3N2.H2O4S/c8-7(9,10)5-3-1-2-4-6(5)12-11;1-5(2,3)4/h1-4,12H,11H2;(H2,1,2,3,4). The van der Waals surface area contributed by atoms with E-state index in [-0.39, 0.29) is 5.69 Å². The molecule has 10 heteroatoms. The highest BCUT2D eigenvalue weighted by molar-refractivity contribution is 7.79. The highest BCUT2D eigenvalue weighted by atomic mass is 32.3. The van der Waals surface area contributed by atoms with Crippen LogP contribution >= 0.6 is 0 Å². The van der Waals surface area contributed by atoms with E-state index in [0.29, 0.717) is 0 Å². The van der Waals surface area contributed by atoms with Gasteiger partial charge >= 0.3 is 16.6 Å². The molecule has 0 saturated heterocycles. The van der Waals surface area contributed by atoms with Crippen LogP contribution in [0.1, 0.15) is 5.56 Å². The van der Waals surface area contributed by atoms with Gasteiger partial charge in [0.15, 0.2) is 0 Å². The van der Waals surface area contributed by atoms with E-state index in [4.69, 9.17) is 23.4 Å². The van der Waals surface area contributed by atoms with Gasteiger partial charge in [-0.25, -0.2) is 0 Å². The smallest absolute Gasteiger partial charge is 0.324 e. The van der Waals surface area contributed by atoms with Crippen LogP contribution < -0.4 is 11.3 Å². The molecular formula is C7H9F3N2O4S. The Kier molecular flexibility index (Phi) is 5.35. The number of hydrogen-bond donors (Lipinski definition) is 4. The number of nitrogens with one attached hydrogen (secondary N) is 1. The van der Waals surface area contributed by atoms with Gasteiger partial charge < -0.3 is 5.43 Å². The maximum Gasteiger partial charge on any atom is 0.418 e. The summed E-state index contributed by atoms with van der Waals surface area (Å²) in [5.41, 5.74) is 1.10. The molecule has 0 heterocycles. The Bertz CT molecular complexity index is 452. The minimum absolute atomic E-state index is 0.120. The molecule has 6 nitrogen and oxygen atoms in total. The van der Waals surface area contributed by atoms with Gasteiger partial charge in [-0.3, -0.25) is 14.9 Å². The van der Waals surface area contributed by atoms with E-state index in [9.17, 15) is 13.2 Å². The topological polar surface area (TPSA) is 113 Å². The molecule has 0 atom stereocenters. The summed E-state index contributed by atoms with van der Waals surface area (Å²) < 4.78 is 68.0. The van der Waals surface area contributed by atoms with Crippen molar-refractivity contribution in [2.45, 2.75) is 6.18 Å². The Morgan fingerprint density at radius 3 is 1.88 bits per heavy atom. The lowest BCUT2D eigenvalue weighted by atomic mass is 10.2. The Morgan fingerprint density at radius 2 is 1.59 bits per heavy atom. The first kappa shape index (κ1) is 15.6. The molecule has 0 saturated carbocycles. The summed E-state index contributed by atoms with van der Waals surface area (Å²) in [5, 5.41) is 0. The number of alkyl halides is 3. The summed E-state index contributed by atoms with van der Waals surface area (Å²) >= 11 is 0. The van der Waals surface area contributed by atoms with E-state index in [2.05, 4.69) is 0 Å². The summed E-state index contributed by atoms with van der Waals surface area (Å²) in [6.45, 7) is 0. The highest BCUT2D eigenvalue weighted by Crippen LogP contribution is 2.33. The maximum atomic E-state index is 12.1. The van der Waals surface area contributed by atoms with E-state index in [1.165, 1.54) is 18.2 Å². The molecule has 0 aromatic heterocycles. The third-order valence-electron chi connectivity index (χ3n) is 1.39. The minimum Gasteiger partial charge on any atom is -0.324 e. The molecule has 0 aliphatic heterocycles. The predicted molar refractivity (Wildman–Crippen MR) is 53.4 cm³/mol. The van der Waals surface area contributed by atoms with E-state index in [1.807, 2.05) is 5.43 Å². The van der Waals surface area contributed by atoms with Crippen LogP contribution in [0.5, 0.6) is 0 Å². The monoisotopic (exact) mass is 274 g/mol. The Balaban J connectivity index is 0.000000437. The fourth-order valence-corrected chi connectivity index (χ4v) is 0.856. The number of hydrazine groups is 1. The van der Waals surface area contributed by atoms with Crippen LogP contribution in [0.25, 0.3) is 0 Å².